The smallest absolute Gasteiger partial charge is 0.756 e. The standard InChI is InChI=1S/C72H102N15O16P.CN.Co/c1-37-26-48-49(27-38(37)2)87(36-81-48)67-62(98)63(50(35-88)101-67)103-104(99,100)102-39(3)32-80-58(95)21-22-69(8)46(28-54(75)91)66-72(11)71(10,31-56(77)93)45(17-20-57(94)79-24-25-86(34-59(96)97)33-42-14-12-13-23-78-42)61(85-72)41(5)65-70(9,30-55(76)92)43(15-18-52(73)89)47(82-65)29-51-68(6,7)44(16-19-53(74)90)60(83-51)40(4)64(69)84-66;1-2;/h12-14,23,26-27,29,36,39,43-46,50,62-63,66-67,82,88,98H,15-22,24-25,28,30-35H2,1-11H3,(H2,73,89)(H2,74,90)(H2,75,91)(H2,76,92)(H2,77,93)(H,79,94)(H,80,95)(H,96,97)(H,99,100);;/q;-1;+2/p-1/b47-29-,60-40-,65-41-;;/t39-,43-,44-,45-,46+,50+,62-,63-,66-,67?,69-,70+,71+,72+;;/m1../s1. The van der Waals surface area contributed by atoms with Crippen LogP contribution < -0.4 is 49.5 Å². The van der Waals surface area contributed by atoms with Crippen LogP contribution in [0.3, 0.4) is 0 Å². The fourth-order valence-corrected chi connectivity index (χ4v) is 18.1. The number of carboxylic acid groups (broad SMARTS) is 1. The molecule has 6 aliphatic heterocycles. The number of phosphoric acid groups is 1. The number of aliphatic carboxylic acids is 1. The van der Waals surface area contributed by atoms with Crippen LogP contribution in [0.1, 0.15) is 156 Å². The van der Waals surface area contributed by atoms with E-state index in [1.807, 2.05) is 80.5 Å². The Labute approximate surface area is 632 Å². The number of aromatic nitrogens is 3. The van der Waals surface area contributed by atoms with Crippen LogP contribution in [0.4, 0.5) is 0 Å². The fraction of sp³-hybridized carbons (Fsp3) is 0.589. The maximum atomic E-state index is 14.5. The van der Waals surface area contributed by atoms with Crippen LogP contribution in [0.25, 0.3) is 11.0 Å². The number of nitrogens with zero attached hydrogens (tertiary/aromatic N) is 8. The number of hydrogen-bond donors (Lipinski definition) is 11. The van der Waals surface area contributed by atoms with Gasteiger partial charge in [0.2, 0.25) is 41.4 Å². The molecule has 8 bridgehead atoms. The molecule has 2 unspecified atom stereocenters. The van der Waals surface area contributed by atoms with E-state index < -0.39 is 149 Å². The van der Waals surface area contributed by atoms with Crippen LogP contribution in [0.5, 0.6) is 0 Å². The first-order valence-corrected chi connectivity index (χ1v) is 36.9. The van der Waals surface area contributed by atoms with Crippen molar-refractivity contribution in [2.24, 2.45) is 89.0 Å². The first-order chi connectivity index (χ1) is 49.7. The zero-order valence-corrected chi connectivity index (χ0v) is 64.2. The Hall–Kier alpha value is -8.42. The van der Waals surface area contributed by atoms with Crippen LogP contribution >= 0.6 is 7.82 Å². The van der Waals surface area contributed by atoms with Gasteiger partial charge >= 0.3 is 22.7 Å². The molecule has 0 saturated carbocycles. The van der Waals surface area contributed by atoms with Crippen LogP contribution in [0, 0.1) is 71.0 Å². The monoisotopic (exact) mass is 1550 g/mol. The van der Waals surface area contributed by atoms with Crippen molar-refractivity contribution < 1.29 is 93.7 Å². The first-order valence-electron chi connectivity index (χ1n) is 35.4. The molecule has 3 aromatic rings. The van der Waals surface area contributed by atoms with Crippen molar-refractivity contribution in [1.29, 1.82) is 5.26 Å². The molecule has 1 aromatic carbocycles. The molecule has 2 aromatic heterocycles. The van der Waals surface area contributed by atoms with Gasteiger partial charge in [-0.3, -0.25) is 67.8 Å². The van der Waals surface area contributed by atoms with E-state index in [9.17, 15) is 63.1 Å². The molecular weight excluding hydrogens is 1450 g/mol. The van der Waals surface area contributed by atoms with Gasteiger partial charge < -0.3 is 95.0 Å². The SMILES string of the molecule is C/C1=C2N=C(/C=C3\N/C(=C(/C)C4=N[C@@](C)([C@@H]5N=C1[C@](C)(CCC(=O)NC[C@@H](C)OP(=O)([O-])O[C@@H]1[C@H](CO)OC(n6cnc7cc(C)c(C)cc76)[C@@H]1O)[C@H]5CC(N)=O)[C@@](C)(CC(N)=O)[C@@H]4CCC(=O)NCCN(CC(=O)O)Cc1ccccn1)[C@@](C)(CC(N)=O)[C@@H]3CCC(N)=O)C(C)(C)[C@@H]/2CCC(N)=O.[C-]#N.[Co+2]. The number of primary amides is 5. The molecule has 2 fully saturated rings. The van der Waals surface area contributed by atoms with Crippen LogP contribution in [0.15, 0.2) is 92.1 Å². The molecule has 34 heteroatoms. The summed E-state index contributed by atoms with van der Waals surface area (Å²) in [5.74, 6) is -8.50. The van der Waals surface area contributed by atoms with Gasteiger partial charge in [-0.05, 0) is 120 Å². The Kier molecular flexibility index (Phi) is 27.6. The number of amides is 7. The van der Waals surface area contributed by atoms with Crippen LogP contribution in [-0.4, -0.2) is 168 Å². The third-order valence-corrected chi connectivity index (χ3v) is 23.9. The molecule has 1 radical (unpaired) electrons. The second-order valence-electron chi connectivity index (χ2n) is 30.4. The van der Waals surface area contributed by atoms with E-state index in [1.54, 1.807) is 36.2 Å². The van der Waals surface area contributed by atoms with Crippen molar-refractivity contribution in [3.63, 3.8) is 0 Å². The summed E-state index contributed by atoms with van der Waals surface area (Å²) in [5, 5.41) is 47.3. The Morgan fingerprint density at radius 1 is 0.832 bits per heavy atom. The third-order valence-electron chi connectivity index (χ3n) is 22.8. The average Bonchev–Trinajstić information content (AvgIpc) is 1.53. The molecule has 32 nitrogen and oxygen atoms in total. The summed E-state index contributed by atoms with van der Waals surface area (Å²) in [7, 11) is -5.36. The van der Waals surface area contributed by atoms with Crippen molar-refractivity contribution in [3.05, 3.63) is 101 Å². The number of pyridine rings is 1. The number of aryl methyl sites for hydroxylation is 2. The van der Waals surface area contributed by atoms with E-state index in [-0.39, 0.29) is 120 Å². The number of carbonyl (C=O) groups is 8. The largest absolute Gasteiger partial charge is 2.00 e. The summed E-state index contributed by atoms with van der Waals surface area (Å²) in [6.07, 6.45) is -3.50. The minimum Gasteiger partial charge on any atom is -0.756 e. The number of ether oxygens (including phenoxy) is 1. The number of nitrogens with one attached hydrogen (secondary N) is 3. The van der Waals surface area contributed by atoms with E-state index in [2.05, 4.69) is 25.9 Å². The van der Waals surface area contributed by atoms with E-state index in [4.69, 9.17) is 69.3 Å². The van der Waals surface area contributed by atoms with Crippen LogP contribution in [-0.2, 0) is 80.0 Å². The zero-order chi connectivity index (χ0) is 78.5. The number of imidazole rings is 1. The number of aliphatic imine (C=N–C) groups is 3. The van der Waals surface area contributed by atoms with Crippen molar-refractivity contribution in [2.45, 2.75) is 196 Å². The molecule has 6 aliphatic rings. The maximum Gasteiger partial charge on any atom is 2.00 e. The normalized spacial score (nSPS) is 30.3. The van der Waals surface area contributed by atoms with Crippen molar-refractivity contribution >= 4 is 83.3 Å². The third kappa shape index (κ3) is 18.3. The second kappa shape index (κ2) is 34.4. The van der Waals surface area contributed by atoms with E-state index in [0.717, 1.165) is 11.1 Å². The second-order valence-corrected chi connectivity index (χ2v) is 31.7. The number of phosphoric ester groups is 1. The van der Waals surface area contributed by atoms with Gasteiger partial charge in [0.05, 0.1) is 53.9 Å². The molecule has 583 valence electrons. The summed E-state index contributed by atoms with van der Waals surface area (Å²) in [6, 6.07) is 7.88. The number of benzene rings is 1. The average molecular weight is 1550 g/mol. The number of nitrogens with two attached hydrogens (primary N) is 5. The number of aliphatic hydroxyl groups excluding tert-OH is 2. The predicted octanol–water partition coefficient (Wildman–Crippen LogP) is 3.24. The van der Waals surface area contributed by atoms with Crippen LogP contribution in [0.2, 0.25) is 0 Å². The molecule has 16 N–H and O–H groups in total. The molecule has 2 saturated heterocycles. The van der Waals surface area contributed by atoms with Gasteiger partial charge in [0.25, 0.3) is 7.82 Å². The Bertz CT molecular complexity index is 4200. The van der Waals surface area contributed by atoms with Gasteiger partial charge in [-0.15, -0.1) is 0 Å². The summed E-state index contributed by atoms with van der Waals surface area (Å²) < 4.78 is 32.1. The molecular formula is C73H101CoN16O16P. The van der Waals surface area contributed by atoms with Crippen molar-refractivity contribution in [2.75, 3.05) is 32.8 Å². The molecule has 107 heavy (non-hydrogen) atoms. The van der Waals surface area contributed by atoms with Gasteiger partial charge in [-0.1, -0.05) is 40.7 Å². The Balaban J connectivity index is 0.00000527. The number of fused-ring (bicyclic) bond motifs is 7. The molecule has 0 spiro atoms. The Morgan fingerprint density at radius 3 is 2.07 bits per heavy atom. The summed E-state index contributed by atoms with van der Waals surface area (Å²) >= 11 is 0. The van der Waals surface area contributed by atoms with E-state index in [0.29, 0.717) is 62.1 Å². The van der Waals surface area contributed by atoms with Crippen molar-refractivity contribution in [3.8, 4) is 0 Å². The number of carboxylic acids is 1. The Morgan fingerprint density at radius 2 is 1.47 bits per heavy atom. The number of hydrogen-bond acceptors (Lipinski definition) is 23. The first kappa shape index (κ1) is 85.8. The quantitative estimate of drug-likeness (QED) is 0.0308. The minimum absolute atomic E-state index is 0. The van der Waals surface area contributed by atoms with Gasteiger partial charge in [-0.25, -0.2) is 4.98 Å². The summed E-state index contributed by atoms with van der Waals surface area (Å²) in [5.41, 5.74) is 31.8. The van der Waals surface area contributed by atoms with Gasteiger partial charge in [0.15, 0.2) is 6.23 Å². The van der Waals surface area contributed by atoms with Gasteiger partial charge in [-0.2, -0.15) is 0 Å². The summed E-state index contributed by atoms with van der Waals surface area (Å²) in [6.45, 7) is 23.8. The predicted molar refractivity (Wildman–Crippen MR) is 387 cm³/mol. The van der Waals surface area contributed by atoms with Gasteiger partial charge in [0.1, 0.15) is 18.3 Å². The molecule has 9 rings (SSSR count). The number of rotatable bonds is 33. The van der Waals surface area contributed by atoms with E-state index in [1.165, 1.54) is 17.8 Å². The number of carbonyl (C=O) groups excluding carboxylic acids is 7. The van der Waals surface area contributed by atoms with Gasteiger partial charge in [0, 0.05) is 157 Å². The number of allylic oxidation sites excluding steroid dienone is 6. The fourth-order valence-electron chi connectivity index (χ4n) is 17.0. The van der Waals surface area contributed by atoms with Crippen molar-refractivity contribution in [1.82, 2.24) is 35.4 Å². The topological polar surface area (TPSA) is 526 Å². The maximum absolute atomic E-state index is 14.5. The number of aliphatic hydroxyl groups is 2. The molecule has 0 aliphatic carbocycles. The molecule has 8 heterocycles. The zero-order valence-electron chi connectivity index (χ0n) is 62.3. The molecule has 15 atom stereocenters. The summed E-state index contributed by atoms with van der Waals surface area (Å²) in [4.78, 5) is 149. The minimum atomic E-state index is -5.36. The van der Waals surface area contributed by atoms with E-state index >= 15 is 0 Å². The molecule has 7 amide bonds.